The molecule has 0 aromatic heterocycles. The highest BCUT2D eigenvalue weighted by Crippen LogP contribution is 2.54. The van der Waals surface area contributed by atoms with Gasteiger partial charge < -0.3 is 61.9 Å². The Morgan fingerprint density at radius 3 is 1.03 bits per heavy atom. The van der Waals surface area contributed by atoms with Gasteiger partial charge in [0.25, 0.3) is 0 Å². The molecule has 4 fully saturated rings. The molecule has 8 aliphatic heterocycles. The number of hydrogen-bond donors (Lipinski definition) is 1. The highest BCUT2D eigenvalue weighted by molar-refractivity contribution is 5.66. The second kappa shape index (κ2) is 25.2. The predicted molar refractivity (Wildman–Crippen MR) is 275 cm³/mol. The average molecular weight is 1010 g/mol. The van der Waals surface area contributed by atoms with Crippen molar-refractivity contribution in [1.82, 2.24) is 0 Å². The molecule has 1 N–H and O–H groups in total. The molecule has 0 unspecified atom stereocenters. The number of carboxylic acids is 1. The number of carbonyl (C=O) groups is 1. The van der Waals surface area contributed by atoms with Gasteiger partial charge in [-0.15, -0.1) is 0 Å². The summed E-state index contributed by atoms with van der Waals surface area (Å²) in [5.74, 6) is 6.94. The minimum Gasteiger partial charge on any atom is -0.481 e. The Kier molecular flexibility index (Phi) is 17.4. The molecule has 8 aliphatic rings. The molecule has 8 atom stereocenters. The van der Waals surface area contributed by atoms with Crippen LogP contribution < -0.4 is 37.9 Å². The van der Waals surface area contributed by atoms with Crippen molar-refractivity contribution in [3.05, 3.63) is 144 Å². The number of benzene rings is 4. The monoisotopic (exact) mass is 1010 g/mol. The molecule has 0 saturated carbocycles. The standard InChI is InChI=1S/2C20H18O6.C20H32O2/c2*1-3-15-17(25-9-23-15)5-11(1)19-13-7-22-20(14(13)8-21-19)12-2-4-16-18(6-12)26-10-24-16;1-2-3-4-5-6-7-8-9-10-11-12-13-14-15-16-17-18-19-20(21)22/h2*1-6,13-14,19-20H,7-10H2;6-7,9-10,12-13,15-16H,2-5,8,11,14,17-19H2,1H3,(H,21,22)/b;;7-6-,10-9-,13-12-,16-15-/t13-,14-,19+,20+;13-,14-,19-,20+;/m00./s1. The second-order valence-electron chi connectivity index (χ2n) is 19.5. The van der Waals surface area contributed by atoms with Crippen LogP contribution in [0.25, 0.3) is 0 Å². The smallest absolute Gasteiger partial charge is 0.303 e. The molecule has 74 heavy (non-hydrogen) atoms. The summed E-state index contributed by atoms with van der Waals surface area (Å²) in [6.45, 7) is 6.10. The number of hydrogen-bond acceptors (Lipinski definition) is 13. The minimum absolute atomic E-state index is 0.0218. The van der Waals surface area contributed by atoms with Gasteiger partial charge in [0.05, 0.1) is 50.8 Å². The van der Waals surface area contributed by atoms with Crippen molar-refractivity contribution in [2.45, 2.75) is 95.5 Å². The lowest BCUT2D eigenvalue weighted by Crippen LogP contribution is -2.14. The molecule has 12 rings (SSSR count). The lowest BCUT2D eigenvalue weighted by Gasteiger charge is -2.17. The van der Waals surface area contributed by atoms with Gasteiger partial charge >= 0.3 is 5.97 Å². The Morgan fingerprint density at radius 2 is 0.716 bits per heavy atom. The van der Waals surface area contributed by atoms with Crippen LogP contribution in [0.15, 0.2) is 121 Å². The van der Waals surface area contributed by atoms with Crippen LogP contribution in [0.4, 0.5) is 0 Å². The summed E-state index contributed by atoms with van der Waals surface area (Å²) < 4.78 is 68.4. The summed E-state index contributed by atoms with van der Waals surface area (Å²) in [7, 11) is 0. The SMILES string of the molecule is CCCCC/C=C\C/C=C\C/C=C\C/C=C\CCCC(=O)O.c1cc2c(cc1[C@H]1OC[C@H]3[C@@H]1CO[C@@H]3c1ccc3c(c1)OCO3)OCO2.c1cc2c(cc1[C@H]1OC[C@H]3[C@@H]1CO[C@H]3c1ccc3c(c1)OCO3)OCO2. The number of fused-ring (bicyclic) bond motifs is 6. The molecule has 0 aliphatic carbocycles. The molecule has 14 heteroatoms. The molecule has 8 heterocycles. The summed E-state index contributed by atoms with van der Waals surface area (Å²) >= 11 is 0. The van der Waals surface area contributed by atoms with Gasteiger partial charge in [0.2, 0.25) is 27.2 Å². The highest BCUT2D eigenvalue weighted by atomic mass is 16.7. The fourth-order valence-electron chi connectivity index (χ4n) is 10.8. The molecule has 0 bridgehead atoms. The van der Waals surface area contributed by atoms with Gasteiger partial charge in [-0.2, -0.15) is 0 Å². The van der Waals surface area contributed by atoms with Crippen molar-refractivity contribution in [1.29, 1.82) is 0 Å². The van der Waals surface area contributed by atoms with E-state index in [1.165, 1.54) is 25.7 Å². The Balaban J connectivity index is 0.000000128. The van der Waals surface area contributed by atoms with E-state index in [1.807, 2.05) is 48.5 Å². The summed E-state index contributed by atoms with van der Waals surface area (Å²) in [5.41, 5.74) is 4.49. The molecule has 14 nitrogen and oxygen atoms in total. The van der Waals surface area contributed by atoms with E-state index in [9.17, 15) is 4.79 Å². The van der Waals surface area contributed by atoms with Crippen LogP contribution in [0.1, 0.15) is 118 Å². The van der Waals surface area contributed by atoms with Gasteiger partial charge in [-0.3, -0.25) is 4.79 Å². The zero-order chi connectivity index (χ0) is 50.5. The molecule has 4 aromatic rings. The average Bonchev–Trinajstić information content (AvgIpc) is 4.27. The molecule has 0 amide bonds. The maximum atomic E-state index is 10.3. The van der Waals surface area contributed by atoms with Crippen molar-refractivity contribution < 1.29 is 66.7 Å². The number of carboxylic acid groups (broad SMARTS) is 1. The molecular formula is C60H68O14. The number of unbranched alkanes of at least 4 members (excludes halogenated alkanes) is 4. The van der Waals surface area contributed by atoms with E-state index >= 15 is 0 Å². The Labute approximate surface area is 433 Å². The molecule has 4 aromatic carbocycles. The summed E-state index contributed by atoms with van der Waals surface area (Å²) in [5, 5.41) is 8.49. The van der Waals surface area contributed by atoms with E-state index in [-0.39, 0.29) is 58.0 Å². The van der Waals surface area contributed by atoms with Crippen molar-refractivity contribution in [3.8, 4) is 46.0 Å². The maximum Gasteiger partial charge on any atom is 0.303 e. The van der Waals surface area contributed by atoms with Gasteiger partial charge in [0, 0.05) is 30.1 Å². The van der Waals surface area contributed by atoms with E-state index in [4.69, 9.17) is 61.9 Å². The third-order valence-corrected chi connectivity index (χ3v) is 14.6. The van der Waals surface area contributed by atoms with Gasteiger partial charge in [-0.1, -0.05) is 92.6 Å². The number of ether oxygens (including phenoxy) is 12. The zero-order valence-corrected chi connectivity index (χ0v) is 42.1. The van der Waals surface area contributed by atoms with Crippen molar-refractivity contribution in [2.75, 3.05) is 53.6 Å². The first-order valence-electron chi connectivity index (χ1n) is 26.4. The lowest BCUT2D eigenvalue weighted by molar-refractivity contribution is -0.137. The molecule has 0 spiro atoms. The fourth-order valence-corrected chi connectivity index (χ4v) is 10.8. The molecule has 0 radical (unpaired) electrons. The van der Waals surface area contributed by atoms with E-state index in [0.717, 1.165) is 100 Å². The number of allylic oxidation sites excluding steroid dienone is 8. The normalized spacial score (nSPS) is 25.2. The van der Waals surface area contributed by atoms with E-state index in [1.54, 1.807) is 0 Å². The first-order valence-corrected chi connectivity index (χ1v) is 26.4. The first kappa shape index (κ1) is 51.1. The number of rotatable bonds is 18. The van der Waals surface area contributed by atoms with Crippen LogP contribution in [-0.4, -0.2) is 64.7 Å². The van der Waals surface area contributed by atoms with Gasteiger partial charge in [-0.25, -0.2) is 0 Å². The zero-order valence-electron chi connectivity index (χ0n) is 42.1. The third kappa shape index (κ3) is 12.4. The van der Waals surface area contributed by atoms with Crippen LogP contribution in [0.2, 0.25) is 0 Å². The van der Waals surface area contributed by atoms with Gasteiger partial charge in [0.15, 0.2) is 46.0 Å². The Bertz CT molecular complexity index is 2350. The molecular weight excluding hydrogens is 945 g/mol. The largest absolute Gasteiger partial charge is 0.481 e. The highest BCUT2D eigenvalue weighted by Gasteiger charge is 2.50. The van der Waals surface area contributed by atoms with Crippen LogP contribution >= 0.6 is 0 Å². The summed E-state index contributed by atoms with van der Waals surface area (Å²) in [6, 6.07) is 24.2. The van der Waals surface area contributed by atoms with Crippen LogP contribution in [-0.2, 0) is 23.7 Å². The van der Waals surface area contributed by atoms with E-state index in [2.05, 4.69) is 79.8 Å². The van der Waals surface area contributed by atoms with Gasteiger partial charge in [-0.05, 0) is 116 Å². The fraction of sp³-hybridized carbons (Fsp3) is 0.450. The van der Waals surface area contributed by atoms with E-state index in [0.29, 0.717) is 50.1 Å². The van der Waals surface area contributed by atoms with Crippen molar-refractivity contribution >= 4 is 5.97 Å². The van der Waals surface area contributed by atoms with Crippen LogP contribution in [0.3, 0.4) is 0 Å². The van der Waals surface area contributed by atoms with Crippen LogP contribution in [0.5, 0.6) is 46.0 Å². The summed E-state index contributed by atoms with van der Waals surface area (Å²) in [6.07, 6.45) is 27.4. The Morgan fingerprint density at radius 1 is 0.419 bits per heavy atom. The van der Waals surface area contributed by atoms with Gasteiger partial charge in [0.1, 0.15) is 0 Å². The minimum atomic E-state index is -0.712. The summed E-state index contributed by atoms with van der Waals surface area (Å²) in [4.78, 5) is 10.3. The molecule has 392 valence electrons. The number of aliphatic carboxylic acids is 1. The van der Waals surface area contributed by atoms with Crippen LogP contribution in [0, 0.1) is 23.7 Å². The lowest BCUT2D eigenvalue weighted by atomic mass is 9.85. The van der Waals surface area contributed by atoms with Crippen molar-refractivity contribution in [2.24, 2.45) is 23.7 Å². The first-order chi connectivity index (χ1) is 36.5. The molecule has 4 saturated heterocycles. The maximum absolute atomic E-state index is 10.3. The van der Waals surface area contributed by atoms with Crippen molar-refractivity contribution in [3.63, 3.8) is 0 Å². The topological polar surface area (TPSA) is 148 Å². The Hall–Kier alpha value is -6.45. The second-order valence-corrected chi connectivity index (χ2v) is 19.5. The third-order valence-electron chi connectivity index (χ3n) is 14.6. The van der Waals surface area contributed by atoms with E-state index < -0.39 is 5.97 Å². The predicted octanol–water partition coefficient (Wildman–Crippen LogP) is 12.7. The quantitative estimate of drug-likeness (QED) is 0.0744.